The fraction of sp³-hybridized carbons (Fsp3) is 0.172. The maximum atomic E-state index is 14.0. The molecule has 0 amide bonds. The number of hydrogen-bond donors (Lipinski definition) is 0. The van der Waals surface area contributed by atoms with Gasteiger partial charge in [-0.15, -0.1) is 0 Å². The molecule has 0 spiro atoms. The highest BCUT2D eigenvalue weighted by Crippen LogP contribution is 2.43. The number of allylic oxidation sites excluding steroid dienone is 1. The summed E-state index contributed by atoms with van der Waals surface area (Å²) in [5, 5.41) is 1.07. The van der Waals surface area contributed by atoms with Gasteiger partial charge < -0.3 is 9.47 Å². The Bertz CT molecular complexity index is 1770. The van der Waals surface area contributed by atoms with Crippen LogP contribution >= 0.6 is 34.5 Å². The van der Waals surface area contributed by atoms with Crippen molar-refractivity contribution in [3.63, 3.8) is 0 Å². The van der Waals surface area contributed by atoms with Crippen LogP contribution in [0.4, 0.5) is 0 Å². The lowest BCUT2D eigenvalue weighted by atomic mass is 9.83. The van der Waals surface area contributed by atoms with Gasteiger partial charge in [0.2, 0.25) is 0 Å². The standard InChI is InChI=1S/C29H22Cl2N2O3S/c1-35-23-9-5-7-17(27(23)36-2)14-24-28(34)33-26(20-13-11-18(30)15-22(20)31)21-12-10-16-6-3-4-8-19(16)25(21)32-29(33)37-24/h3-9,11,13-15,26H,10,12H2,1-2H3. The third kappa shape index (κ3) is 4.00. The summed E-state index contributed by atoms with van der Waals surface area (Å²) in [6.07, 6.45) is 3.49. The summed E-state index contributed by atoms with van der Waals surface area (Å²) in [4.78, 5) is 19.6. The molecule has 2 aliphatic rings. The van der Waals surface area contributed by atoms with Crippen LogP contribution in [0.3, 0.4) is 0 Å². The molecule has 8 heteroatoms. The van der Waals surface area contributed by atoms with Crippen molar-refractivity contribution >= 4 is 46.3 Å². The number of halogens is 2. The highest BCUT2D eigenvalue weighted by molar-refractivity contribution is 7.07. The second-order valence-corrected chi connectivity index (χ2v) is 10.7. The number of ether oxygens (including phenoxy) is 2. The third-order valence-corrected chi connectivity index (χ3v) is 8.40. The van der Waals surface area contributed by atoms with E-state index in [9.17, 15) is 4.79 Å². The van der Waals surface area contributed by atoms with E-state index in [1.807, 2.05) is 42.5 Å². The lowest BCUT2D eigenvalue weighted by Gasteiger charge is -2.31. The predicted molar refractivity (Wildman–Crippen MR) is 149 cm³/mol. The number of benzene rings is 3. The quantitative estimate of drug-likeness (QED) is 0.331. The Labute approximate surface area is 227 Å². The van der Waals surface area contributed by atoms with Gasteiger partial charge in [-0.3, -0.25) is 9.36 Å². The van der Waals surface area contributed by atoms with E-state index in [-0.39, 0.29) is 11.6 Å². The summed E-state index contributed by atoms with van der Waals surface area (Å²) in [6, 6.07) is 19.0. The molecule has 2 heterocycles. The Hall–Kier alpha value is -3.32. The Morgan fingerprint density at radius 1 is 1.03 bits per heavy atom. The van der Waals surface area contributed by atoms with Crippen molar-refractivity contribution < 1.29 is 9.47 Å². The van der Waals surface area contributed by atoms with Crippen LogP contribution in [0, 0.1) is 0 Å². The molecule has 37 heavy (non-hydrogen) atoms. The van der Waals surface area contributed by atoms with Crippen LogP contribution in [0.5, 0.6) is 11.5 Å². The van der Waals surface area contributed by atoms with Crippen LogP contribution in [0.2, 0.25) is 10.0 Å². The molecule has 5 nitrogen and oxygen atoms in total. The average molecular weight is 549 g/mol. The zero-order valence-corrected chi connectivity index (χ0v) is 22.5. The highest BCUT2D eigenvalue weighted by Gasteiger charge is 2.33. The minimum Gasteiger partial charge on any atom is -0.493 e. The number of nitrogens with zero attached hydrogens (tertiary/aromatic N) is 2. The molecule has 0 bridgehead atoms. The topological polar surface area (TPSA) is 52.8 Å². The Balaban J connectivity index is 1.64. The highest BCUT2D eigenvalue weighted by atomic mass is 35.5. The smallest absolute Gasteiger partial charge is 0.271 e. The van der Waals surface area contributed by atoms with Gasteiger partial charge >= 0.3 is 0 Å². The Kier molecular flexibility index (Phi) is 6.19. The number of para-hydroxylation sites is 1. The molecule has 1 atom stereocenters. The summed E-state index contributed by atoms with van der Waals surface area (Å²) in [7, 11) is 3.18. The number of fused-ring (bicyclic) bond motifs is 3. The molecule has 4 aromatic rings. The van der Waals surface area contributed by atoms with Crippen LogP contribution in [-0.2, 0) is 6.42 Å². The van der Waals surface area contributed by atoms with Gasteiger partial charge in [-0.25, -0.2) is 4.99 Å². The van der Waals surface area contributed by atoms with Gasteiger partial charge in [-0.1, -0.05) is 77.0 Å². The second kappa shape index (κ2) is 9.53. The van der Waals surface area contributed by atoms with Gasteiger partial charge in [-0.2, -0.15) is 0 Å². The molecular formula is C29H22Cl2N2O3S. The summed E-state index contributed by atoms with van der Waals surface area (Å²) >= 11 is 14.3. The summed E-state index contributed by atoms with van der Waals surface area (Å²) in [6.45, 7) is 0. The summed E-state index contributed by atoms with van der Waals surface area (Å²) < 4.78 is 13.4. The van der Waals surface area contributed by atoms with Crippen molar-refractivity contribution in [2.75, 3.05) is 14.2 Å². The number of thiazole rings is 1. The SMILES string of the molecule is COc1cccc(C=c2sc3n(c2=O)C(c2ccc(Cl)cc2Cl)C2=C(N=3)c3ccccc3CC2)c1OC. The number of aryl methyl sites for hydroxylation is 1. The Morgan fingerprint density at radius 3 is 2.65 bits per heavy atom. The van der Waals surface area contributed by atoms with Gasteiger partial charge in [0.25, 0.3) is 5.56 Å². The molecular weight excluding hydrogens is 527 g/mol. The van der Waals surface area contributed by atoms with Crippen molar-refractivity contribution in [3.05, 3.63) is 118 Å². The van der Waals surface area contributed by atoms with E-state index in [2.05, 4.69) is 18.2 Å². The van der Waals surface area contributed by atoms with Crippen LogP contribution in [-0.4, -0.2) is 18.8 Å². The molecule has 3 aromatic carbocycles. The van der Waals surface area contributed by atoms with E-state index >= 15 is 0 Å². The Morgan fingerprint density at radius 2 is 1.86 bits per heavy atom. The third-order valence-electron chi connectivity index (χ3n) is 6.85. The van der Waals surface area contributed by atoms with Gasteiger partial charge in [0, 0.05) is 21.2 Å². The normalized spacial score (nSPS) is 16.5. The number of methoxy groups -OCH3 is 2. The van der Waals surface area contributed by atoms with Crippen molar-refractivity contribution in [1.29, 1.82) is 0 Å². The van der Waals surface area contributed by atoms with Crippen molar-refractivity contribution in [3.8, 4) is 11.5 Å². The monoisotopic (exact) mass is 548 g/mol. The van der Waals surface area contributed by atoms with Crippen molar-refractivity contribution in [1.82, 2.24) is 4.57 Å². The summed E-state index contributed by atoms with van der Waals surface area (Å²) in [5.74, 6) is 1.17. The number of aromatic nitrogens is 1. The molecule has 0 N–H and O–H groups in total. The first-order chi connectivity index (χ1) is 18.0. The molecule has 0 fully saturated rings. The molecule has 0 radical (unpaired) electrons. The van der Waals surface area contributed by atoms with Crippen LogP contribution < -0.4 is 24.4 Å². The molecule has 0 saturated heterocycles. The van der Waals surface area contributed by atoms with E-state index in [1.54, 1.807) is 24.9 Å². The summed E-state index contributed by atoms with van der Waals surface area (Å²) in [5.41, 5.74) is 5.82. The van der Waals surface area contributed by atoms with Crippen LogP contribution in [0.25, 0.3) is 11.8 Å². The molecule has 1 aliphatic carbocycles. The fourth-order valence-corrected chi connectivity index (χ4v) is 6.69. The van der Waals surface area contributed by atoms with Gasteiger partial charge in [0.15, 0.2) is 16.3 Å². The maximum absolute atomic E-state index is 14.0. The average Bonchev–Trinajstić information content (AvgIpc) is 3.22. The first-order valence-corrected chi connectivity index (χ1v) is 13.4. The van der Waals surface area contributed by atoms with Crippen molar-refractivity contribution in [2.45, 2.75) is 18.9 Å². The van der Waals surface area contributed by atoms with E-state index in [1.165, 1.54) is 16.9 Å². The van der Waals surface area contributed by atoms with Gasteiger partial charge in [0.1, 0.15) is 0 Å². The zero-order chi connectivity index (χ0) is 25.7. The van der Waals surface area contributed by atoms with E-state index in [0.29, 0.717) is 30.9 Å². The van der Waals surface area contributed by atoms with E-state index < -0.39 is 0 Å². The van der Waals surface area contributed by atoms with Crippen LogP contribution in [0.1, 0.15) is 34.7 Å². The lowest BCUT2D eigenvalue weighted by Crippen LogP contribution is -2.38. The first-order valence-electron chi connectivity index (χ1n) is 11.8. The zero-order valence-electron chi connectivity index (χ0n) is 20.1. The molecule has 0 saturated carbocycles. The van der Waals surface area contributed by atoms with E-state index in [0.717, 1.165) is 40.8 Å². The molecule has 6 rings (SSSR count). The van der Waals surface area contributed by atoms with Gasteiger partial charge in [0.05, 0.1) is 30.5 Å². The predicted octanol–water partition coefficient (Wildman–Crippen LogP) is 5.64. The lowest BCUT2D eigenvalue weighted by molar-refractivity contribution is 0.354. The first kappa shape index (κ1) is 24.0. The number of rotatable bonds is 4. The number of hydrogen-bond acceptors (Lipinski definition) is 5. The second-order valence-electron chi connectivity index (χ2n) is 8.86. The molecule has 1 aromatic heterocycles. The van der Waals surface area contributed by atoms with Crippen molar-refractivity contribution in [2.24, 2.45) is 4.99 Å². The maximum Gasteiger partial charge on any atom is 0.271 e. The van der Waals surface area contributed by atoms with Crippen LogP contribution in [0.15, 0.2) is 76.0 Å². The minimum atomic E-state index is -0.376. The molecule has 1 aliphatic heterocycles. The molecule has 186 valence electrons. The largest absolute Gasteiger partial charge is 0.493 e. The van der Waals surface area contributed by atoms with E-state index in [4.69, 9.17) is 37.7 Å². The minimum absolute atomic E-state index is 0.130. The molecule has 1 unspecified atom stereocenters. The van der Waals surface area contributed by atoms with Gasteiger partial charge in [-0.05, 0) is 53.8 Å². The fourth-order valence-electron chi connectivity index (χ4n) is 5.19.